The second kappa shape index (κ2) is 9.71. The van der Waals surface area contributed by atoms with E-state index in [1.54, 1.807) is 13.0 Å². The molecule has 0 unspecified atom stereocenters. The fourth-order valence-corrected chi connectivity index (χ4v) is 3.58. The van der Waals surface area contributed by atoms with Crippen molar-refractivity contribution in [2.45, 2.75) is 40.2 Å². The van der Waals surface area contributed by atoms with Gasteiger partial charge in [0.2, 0.25) is 5.89 Å². The number of piperidine rings is 1. The zero-order chi connectivity index (χ0) is 21.7. The topological polar surface area (TPSA) is 111 Å². The smallest absolute Gasteiger partial charge is 0.340 e. The first-order chi connectivity index (χ1) is 14.4. The number of aryl methyl sites for hydroxylation is 2. The Morgan fingerprint density at radius 1 is 1.37 bits per heavy atom. The number of nitro benzene ring substituents is 1. The molecule has 3 rings (SSSR count). The molecule has 1 N–H and O–H groups in total. The zero-order valence-corrected chi connectivity index (χ0v) is 17.6. The van der Waals surface area contributed by atoms with E-state index in [-0.39, 0.29) is 17.9 Å². The van der Waals surface area contributed by atoms with Crippen molar-refractivity contribution in [3.63, 3.8) is 0 Å². The van der Waals surface area contributed by atoms with Gasteiger partial charge in [0.25, 0.3) is 5.69 Å². The highest BCUT2D eigenvalue weighted by atomic mass is 16.6. The van der Waals surface area contributed by atoms with E-state index in [1.165, 1.54) is 12.1 Å². The third-order valence-corrected chi connectivity index (χ3v) is 5.43. The van der Waals surface area contributed by atoms with E-state index in [0.717, 1.165) is 43.3 Å². The van der Waals surface area contributed by atoms with Crippen LogP contribution in [0.15, 0.2) is 22.6 Å². The molecule has 1 fully saturated rings. The number of aromatic nitrogens is 1. The van der Waals surface area contributed by atoms with Crippen LogP contribution in [0.1, 0.15) is 47.5 Å². The normalized spacial score (nSPS) is 15.2. The van der Waals surface area contributed by atoms with Crippen molar-refractivity contribution in [1.29, 1.82) is 0 Å². The van der Waals surface area contributed by atoms with Crippen LogP contribution < -0.4 is 5.32 Å². The molecule has 9 heteroatoms. The van der Waals surface area contributed by atoms with Crippen molar-refractivity contribution in [2.75, 3.05) is 31.6 Å². The maximum atomic E-state index is 12.2. The van der Waals surface area contributed by atoms with E-state index < -0.39 is 10.9 Å². The van der Waals surface area contributed by atoms with E-state index in [4.69, 9.17) is 9.15 Å². The summed E-state index contributed by atoms with van der Waals surface area (Å²) in [5, 5.41) is 14.3. The number of rotatable bonds is 8. The van der Waals surface area contributed by atoms with Crippen molar-refractivity contribution in [3.8, 4) is 0 Å². The van der Waals surface area contributed by atoms with Crippen molar-refractivity contribution >= 4 is 17.3 Å². The number of hydrogen-bond donors (Lipinski definition) is 1. The Hall–Kier alpha value is -2.94. The van der Waals surface area contributed by atoms with Gasteiger partial charge >= 0.3 is 5.97 Å². The second-order valence-corrected chi connectivity index (χ2v) is 7.56. The van der Waals surface area contributed by atoms with Gasteiger partial charge in [-0.15, -0.1) is 0 Å². The highest BCUT2D eigenvalue weighted by Gasteiger charge is 2.22. The number of nitrogens with zero attached hydrogens (tertiary/aromatic N) is 3. The van der Waals surface area contributed by atoms with Crippen molar-refractivity contribution in [2.24, 2.45) is 5.92 Å². The predicted octanol–water partition coefficient (Wildman–Crippen LogP) is 3.70. The van der Waals surface area contributed by atoms with Gasteiger partial charge in [-0.2, -0.15) is 0 Å². The van der Waals surface area contributed by atoms with Gasteiger partial charge in [-0.3, -0.25) is 15.0 Å². The number of likely N-dealkylation sites (tertiary alicyclic amines) is 1. The number of nitrogens with one attached hydrogen (secondary N) is 1. The summed E-state index contributed by atoms with van der Waals surface area (Å²) in [6.07, 6.45) is 2.01. The molecule has 30 heavy (non-hydrogen) atoms. The lowest BCUT2D eigenvalue weighted by Crippen LogP contribution is -2.35. The van der Waals surface area contributed by atoms with E-state index in [1.807, 2.05) is 13.8 Å². The van der Waals surface area contributed by atoms with Gasteiger partial charge in [-0.1, -0.05) is 0 Å². The summed E-state index contributed by atoms with van der Waals surface area (Å²) < 4.78 is 10.7. The summed E-state index contributed by atoms with van der Waals surface area (Å²) in [5.41, 5.74) is 1.56. The molecule has 0 spiro atoms. The molecule has 1 saturated heterocycles. The minimum Gasteiger partial charge on any atom is -0.462 e. The number of non-ortho nitro benzene ring substituents is 1. The van der Waals surface area contributed by atoms with Gasteiger partial charge in [0.1, 0.15) is 5.76 Å². The maximum absolute atomic E-state index is 12.2. The van der Waals surface area contributed by atoms with Crippen LogP contribution in [-0.2, 0) is 11.3 Å². The standard InChI is InChI=1S/C21H28N4O5/c1-4-29-21(26)18-11-17(25(27)28)5-6-19(18)22-12-16-7-9-24(10-8-16)13-20-23-14(2)15(3)30-20/h5-6,11,16,22H,4,7-10,12-13H2,1-3H3. The summed E-state index contributed by atoms with van der Waals surface area (Å²) in [6.45, 7) is 9.07. The van der Waals surface area contributed by atoms with Crippen LogP contribution >= 0.6 is 0 Å². The number of anilines is 1. The molecule has 2 heterocycles. The van der Waals surface area contributed by atoms with Crippen molar-refractivity contribution < 1.29 is 18.9 Å². The van der Waals surface area contributed by atoms with Crippen LogP contribution in [0.4, 0.5) is 11.4 Å². The lowest BCUT2D eigenvalue weighted by atomic mass is 9.96. The number of nitro groups is 1. The van der Waals surface area contributed by atoms with E-state index in [0.29, 0.717) is 24.7 Å². The second-order valence-electron chi connectivity index (χ2n) is 7.56. The summed E-state index contributed by atoms with van der Waals surface area (Å²) in [5.74, 6) is 1.51. The van der Waals surface area contributed by atoms with Gasteiger partial charge in [-0.05, 0) is 58.7 Å². The average molecular weight is 416 g/mol. The van der Waals surface area contributed by atoms with Crippen LogP contribution in [-0.4, -0.2) is 47.0 Å². The SMILES string of the molecule is CCOC(=O)c1cc([N+](=O)[O-])ccc1NCC1CCN(Cc2nc(C)c(C)o2)CC1. The molecule has 0 amide bonds. The first kappa shape index (κ1) is 21.8. The summed E-state index contributed by atoms with van der Waals surface area (Å²) in [4.78, 5) is 29.5. The van der Waals surface area contributed by atoms with Crippen molar-refractivity contribution in [3.05, 3.63) is 51.2 Å². The van der Waals surface area contributed by atoms with Crippen molar-refractivity contribution in [1.82, 2.24) is 9.88 Å². The van der Waals surface area contributed by atoms with Crippen LogP contribution in [0.5, 0.6) is 0 Å². The monoisotopic (exact) mass is 416 g/mol. The van der Waals surface area contributed by atoms with Gasteiger partial charge in [-0.25, -0.2) is 9.78 Å². The summed E-state index contributed by atoms with van der Waals surface area (Å²) in [6, 6.07) is 4.24. The molecular formula is C21H28N4O5. The van der Waals surface area contributed by atoms with E-state index in [2.05, 4.69) is 15.2 Å². The molecule has 0 radical (unpaired) electrons. The highest BCUT2D eigenvalue weighted by molar-refractivity contribution is 5.96. The zero-order valence-electron chi connectivity index (χ0n) is 17.6. The van der Waals surface area contributed by atoms with Crippen LogP contribution in [0.25, 0.3) is 0 Å². The largest absolute Gasteiger partial charge is 0.462 e. The first-order valence-corrected chi connectivity index (χ1v) is 10.2. The molecule has 1 aliphatic rings. The number of carbonyl (C=O) groups excluding carboxylic acids is 1. The Bertz CT molecular complexity index is 883. The minimum absolute atomic E-state index is 0.131. The molecular weight excluding hydrogens is 388 g/mol. The number of oxazole rings is 1. The quantitative estimate of drug-likeness (QED) is 0.394. The fraction of sp³-hybridized carbons (Fsp3) is 0.524. The molecule has 1 aromatic carbocycles. The molecule has 0 atom stereocenters. The predicted molar refractivity (Wildman–Crippen MR) is 112 cm³/mol. The third-order valence-electron chi connectivity index (χ3n) is 5.43. The van der Waals surface area contributed by atoms with Crippen LogP contribution in [0.3, 0.4) is 0 Å². The van der Waals surface area contributed by atoms with Gasteiger partial charge < -0.3 is 14.5 Å². The Kier molecular flexibility index (Phi) is 7.04. The lowest BCUT2D eigenvalue weighted by Gasteiger charge is -2.31. The number of carbonyl (C=O) groups is 1. The van der Waals surface area contributed by atoms with Crippen LogP contribution in [0.2, 0.25) is 0 Å². The number of ether oxygens (including phenoxy) is 1. The summed E-state index contributed by atoms with van der Waals surface area (Å²) in [7, 11) is 0. The van der Waals surface area contributed by atoms with E-state index in [9.17, 15) is 14.9 Å². The molecule has 0 aliphatic carbocycles. The van der Waals surface area contributed by atoms with Gasteiger partial charge in [0.05, 0.1) is 29.3 Å². The fourth-order valence-electron chi connectivity index (χ4n) is 3.58. The first-order valence-electron chi connectivity index (χ1n) is 10.2. The van der Waals surface area contributed by atoms with Gasteiger partial charge in [0, 0.05) is 24.4 Å². The molecule has 2 aromatic rings. The Morgan fingerprint density at radius 2 is 2.10 bits per heavy atom. The number of esters is 1. The van der Waals surface area contributed by atoms with E-state index >= 15 is 0 Å². The highest BCUT2D eigenvalue weighted by Crippen LogP contribution is 2.25. The molecule has 0 bridgehead atoms. The molecule has 1 aromatic heterocycles. The Labute approximate surface area is 175 Å². The number of hydrogen-bond acceptors (Lipinski definition) is 8. The van der Waals surface area contributed by atoms with Crippen LogP contribution in [0, 0.1) is 29.9 Å². The molecule has 9 nitrogen and oxygen atoms in total. The maximum Gasteiger partial charge on any atom is 0.340 e. The molecule has 1 aliphatic heterocycles. The molecule has 0 saturated carbocycles. The lowest BCUT2D eigenvalue weighted by molar-refractivity contribution is -0.384. The minimum atomic E-state index is -0.560. The average Bonchev–Trinajstić information content (AvgIpc) is 3.04. The molecule has 162 valence electrons. The Morgan fingerprint density at radius 3 is 2.70 bits per heavy atom. The Balaban J connectivity index is 1.55. The number of benzene rings is 1. The third kappa shape index (κ3) is 5.35. The van der Waals surface area contributed by atoms with Gasteiger partial charge in [0.15, 0.2) is 0 Å². The summed E-state index contributed by atoms with van der Waals surface area (Å²) >= 11 is 0.